The van der Waals surface area contributed by atoms with E-state index in [0.717, 1.165) is 5.56 Å². The molecule has 2 aliphatic heterocycles. The van der Waals surface area contributed by atoms with Crippen LogP contribution in [0.1, 0.15) is 31.8 Å². The summed E-state index contributed by atoms with van der Waals surface area (Å²) in [4.78, 5) is 25.5. The van der Waals surface area contributed by atoms with E-state index < -0.39 is 5.97 Å². The maximum absolute atomic E-state index is 12.9. The van der Waals surface area contributed by atoms with Gasteiger partial charge in [0.2, 0.25) is 5.78 Å². The average Bonchev–Trinajstić information content (AvgIpc) is 3.13. The molecule has 166 valence electrons. The standard InChI is InChI=1S/C25H17ClO7/c1-29-20-5-3-2-4-19(20)25(28)32-17-6-7-18-21(11-17)33-22(23(18)27)10-14-8-16(26)9-15-12-30-13-31-24(14)15/h2-11H,12-13H2,1H3/b22-10-. The van der Waals surface area contributed by atoms with E-state index in [0.29, 0.717) is 34.3 Å². The second-order valence-corrected chi connectivity index (χ2v) is 7.72. The van der Waals surface area contributed by atoms with E-state index in [1.165, 1.54) is 19.2 Å². The van der Waals surface area contributed by atoms with Crippen molar-refractivity contribution in [1.29, 1.82) is 0 Å². The zero-order chi connectivity index (χ0) is 22.9. The van der Waals surface area contributed by atoms with Crippen molar-refractivity contribution >= 4 is 29.4 Å². The van der Waals surface area contributed by atoms with E-state index in [2.05, 4.69) is 0 Å². The first-order chi connectivity index (χ1) is 16.0. The predicted molar refractivity (Wildman–Crippen MR) is 119 cm³/mol. The summed E-state index contributed by atoms with van der Waals surface area (Å²) < 4.78 is 27.4. The lowest BCUT2D eigenvalue weighted by molar-refractivity contribution is -0.0165. The van der Waals surface area contributed by atoms with Crippen LogP contribution in [0.3, 0.4) is 0 Å². The Kier molecular flexibility index (Phi) is 5.50. The summed E-state index contributed by atoms with van der Waals surface area (Å²) in [5, 5.41) is 0.489. The van der Waals surface area contributed by atoms with Gasteiger partial charge in [0.15, 0.2) is 12.6 Å². The number of esters is 1. The molecule has 0 aromatic heterocycles. The smallest absolute Gasteiger partial charge is 0.347 e. The minimum Gasteiger partial charge on any atom is -0.496 e. The number of Topliss-reactive ketones (excluding diaryl/α,β-unsaturated/α-hetero) is 1. The van der Waals surface area contributed by atoms with Crippen LogP contribution in [-0.2, 0) is 11.3 Å². The zero-order valence-corrected chi connectivity index (χ0v) is 18.2. The number of rotatable bonds is 4. The van der Waals surface area contributed by atoms with E-state index in [1.54, 1.807) is 48.5 Å². The number of methoxy groups -OCH3 is 1. The third-order valence-corrected chi connectivity index (χ3v) is 5.39. The summed E-state index contributed by atoms with van der Waals surface area (Å²) >= 11 is 6.21. The fourth-order valence-corrected chi connectivity index (χ4v) is 3.91. The minimum atomic E-state index is -0.586. The molecule has 3 aromatic rings. The SMILES string of the molecule is COc1ccccc1C(=O)Oc1ccc2c(c1)O/C(=C\c1cc(Cl)cc3c1OCOC3)C2=O. The molecule has 0 bridgehead atoms. The Morgan fingerprint density at radius 1 is 1.12 bits per heavy atom. The van der Waals surface area contributed by atoms with Gasteiger partial charge < -0.3 is 23.7 Å². The quantitative estimate of drug-likeness (QED) is 0.303. The molecule has 0 fully saturated rings. The Bertz CT molecular complexity index is 1310. The van der Waals surface area contributed by atoms with Crippen LogP contribution in [0.15, 0.2) is 60.4 Å². The summed E-state index contributed by atoms with van der Waals surface area (Å²) in [6, 6.07) is 14.8. The lowest BCUT2D eigenvalue weighted by atomic mass is 10.1. The lowest BCUT2D eigenvalue weighted by Gasteiger charge is -2.20. The van der Waals surface area contributed by atoms with Crippen molar-refractivity contribution in [1.82, 2.24) is 0 Å². The highest BCUT2D eigenvalue weighted by Gasteiger charge is 2.29. The summed E-state index contributed by atoms with van der Waals surface area (Å²) in [7, 11) is 1.48. The Morgan fingerprint density at radius 3 is 2.82 bits per heavy atom. The van der Waals surface area contributed by atoms with E-state index in [9.17, 15) is 9.59 Å². The highest BCUT2D eigenvalue weighted by molar-refractivity contribution is 6.31. The molecule has 0 unspecified atom stereocenters. The molecule has 0 N–H and O–H groups in total. The van der Waals surface area contributed by atoms with Gasteiger partial charge in [-0.05, 0) is 42.5 Å². The molecule has 5 rings (SSSR count). The maximum atomic E-state index is 12.9. The summed E-state index contributed by atoms with van der Waals surface area (Å²) in [5.41, 5.74) is 2.04. The van der Waals surface area contributed by atoms with Crippen molar-refractivity contribution < 1.29 is 33.3 Å². The summed E-state index contributed by atoms with van der Waals surface area (Å²) in [5.74, 6) is 0.745. The third-order valence-electron chi connectivity index (χ3n) is 5.17. The van der Waals surface area contributed by atoms with E-state index >= 15 is 0 Å². The van der Waals surface area contributed by atoms with Crippen LogP contribution in [0.5, 0.6) is 23.0 Å². The predicted octanol–water partition coefficient (Wildman–Crippen LogP) is 5.05. The molecule has 33 heavy (non-hydrogen) atoms. The van der Waals surface area contributed by atoms with Gasteiger partial charge in [0.25, 0.3) is 0 Å². The second kappa shape index (κ2) is 8.61. The normalized spacial score (nSPS) is 15.3. The number of benzene rings is 3. The number of carbonyl (C=O) groups is 2. The van der Waals surface area contributed by atoms with Gasteiger partial charge in [-0.15, -0.1) is 0 Å². The molecule has 3 aromatic carbocycles. The molecular weight excluding hydrogens is 448 g/mol. The van der Waals surface area contributed by atoms with E-state index in [4.69, 9.17) is 35.3 Å². The largest absolute Gasteiger partial charge is 0.496 e. The number of halogens is 1. The van der Waals surface area contributed by atoms with Gasteiger partial charge in [-0.1, -0.05) is 23.7 Å². The van der Waals surface area contributed by atoms with Crippen LogP contribution < -0.4 is 18.9 Å². The molecule has 0 radical (unpaired) electrons. The second-order valence-electron chi connectivity index (χ2n) is 7.28. The number of carbonyl (C=O) groups excluding carboxylic acids is 2. The number of allylic oxidation sites excluding steroid dienone is 1. The molecular formula is C25H17ClO7. The molecule has 8 heteroatoms. The van der Waals surface area contributed by atoms with Crippen molar-refractivity contribution in [2.45, 2.75) is 6.61 Å². The van der Waals surface area contributed by atoms with Gasteiger partial charge >= 0.3 is 5.97 Å². The zero-order valence-electron chi connectivity index (χ0n) is 17.4. The van der Waals surface area contributed by atoms with Crippen molar-refractivity contribution in [2.75, 3.05) is 13.9 Å². The lowest BCUT2D eigenvalue weighted by Crippen LogP contribution is -2.12. The van der Waals surface area contributed by atoms with Crippen LogP contribution in [0.25, 0.3) is 6.08 Å². The maximum Gasteiger partial charge on any atom is 0.347 e. The molecule has 2 aliphatic rings. The molecule has 2 heterocycles. The van der Waals surface area contributed by atoms with Crippen molar-refractivity contribution in [3.8, 4) is 23.0 Å². The van der Waals surface area contributed by atoms with E-state index in [1.807, 2.05) is 0 Å². The van der Waals surface area contributed by atoms with Crippen molar-refractivity contribution in [3.05, 3.63) is 87.6 Å². The van der Waals surface area contributed by atoms with Gasteiger partial charge in [-0.3, -0.25) is 4.79 Å². The fourth-order valence-electron chi connectivity index (χ4n) is 3.66. The summed E-state index contributed by atoms with van der Waals surface area (Å²) in [6.07, 6.45) is 1.58. The number of hydrogen-bond donors (Lipinski definition) is 0. The molecule has 0 saturated heterocycles. The monoisotopic (exact) mass is 464 g/mol. The first-order valence-corrected chi connectivity index (χ1v) is 10.4. The third kappa shape index (κ3) is 4.04. The Labute approximate surface area is 194 Å². The average molecular weight is 465 g/mol. The fraction of sp³-hybridized carbons (Fsp3) is 0.120. The van der Waals surface area contributed by atoms with Gasteiger partial charge in [-0.25, -0.2) is 4.79 Å². The highest BCUT2D eigenvalue weighted by Crippen LogP contribution is 2.38. The molecule has 0 spiro atoms. The van der Waals surface area contributed by atoms with Gasteiger partial charge in [0.1, 0.15) is 28.6 Å². The first-order valence-electron chi connectivity index (χ1n) is 10.00. The molecule has 0 amide bonds. The van der Waals surface area contributed by atoms with Crippen LogP contribution in [-0.4, -0.2) is 25.7 Å². The molecule has 0 aliphatic carbocycles. The number of ether oxygens (including phenoxy) is 5. The van der Waals surface area contributed by atoms with Crippen LogP contribution in [0.2, 0.25) is 5.02 Å². The van der Waals surface area contributed by atoms with Gasteiger partial charge in [-0.2, -0.15) is 0 Å². The molecule has 0 atom stereocenters. The van der Waals surface area contributed by atoms with E-state index in [-0.39, 0.29) is 35.4 Å². The number of fused-ring (bicyclic) bond motifs is 2. The Hall–Kier alpha value is -3.81. The highest BCUT2D eigenvalue weighted by atomic mass is 35.5. The van der Waals surface area contributed by atoms with Crippen LogP contribution in [0.4, 0.5) is 0 Å². The van der Waals surface area contributed by atoms with Crippen LogP contribution in [0, 0.1) is 0 Å². The number of ketones is 1. The molecule has 7 nitrogen and oxygen atoms in total. The Morgan fingerprint density at radius 2 is 1.97 bits per heavy atom. The van der Waals surface area contributed by atoms with Crippen molar-refractivity contribution in [2.24, 2.45) is 0 Å². The first kappa shape index (κ1) is 21.1. The van der Waals surface area contributed by atoms with Crippen LogP contribution >= 0.6 is 11.6 Å². The minimum absolute atomic E-state index is 0.109. The molecule has 0 saturated carbocycles. The Balaban J connectivity index is 1.41. The van der Waals surface area contributed by atoms with Crippen molar-refractivity contribution in [3.63, 3.8) is 0 Å². The number of para-hydroxylation sites is 1. The van der Waals surface area contributed by atoms with Gasteiger partial charge in [0.05, 0.1) is 19.3 Å². The number of hydrogen-bond acceptors (Lipinski definition) is 7. The van der Waals surface area contributed by atoms with Gasteiger partial charge in [0, 0.05) is 22.2 Å². The summed E-state index contributed by atoms with van der Waals surface area (Å²) in [6.45, 7) is 0.475. The topological polar surface area (TPSA) is 80.3 Å².